The number of rotatable bonds is 3. The van der Waals surface area contributed by atoms with Crippen LogP contribution in [0.3, 0.4) is 0 Å². The Labute approximate surface area is 113 Å². The summed E-state index contributed by atoms with van der Waals surface area (Å²) in [5, 5.41) is 11.0. The number of fused-ring (bicyclic) bond motifs is 1. The molecule has 0 aliphatic carbocycles. The van der Waals surface area contributed by atoms with Crippen molar-refractivity contribution in [3.8, 4) is 0 Å². The van der Waals surface area contributed by atoms with Crippen LogP contribution >= 0.6 is 0 Å². The number of nitrogens with two attached hydrogens (primary N) is 1. The van der Waals surface area contributed by atoms with Crippen molar-refractivity contribution in [1.29, 1.82) is 0 Å². The van der Waals surface area contributed by atoms with Gasteiger partial charge >= 0.3 is 0 Å². The van der Waals surface area contributed by atoms with E-state index < -0.39 is 4.92 Å². The molecule has 1 heterocycles. The third-order valence-corrected chi connectivity index (χ3v) is 2.78. The number of aromatic nitrogens is 1. The van der Waals surface area contributed by atoms with Gasteiger partial charge in [-0.1, -0.05) is 0 Å². The van der Waals surface area contributed by atoms with Gasteiger partial charge in [0, 0.05) is 43.2 Å². The topological polar surface area (TPSA) is 114 Å². The lowest BCUT2D eigenvalue weighted by molar-refractivity contribution is -0.384. The molecule has 1 aromatic heterocycles. The number of nitrogens with one attached hydrogen (secondary N) is 1. The molecule has 0 aliphatic rings. The zero-order valence-electron chi connectivity index (χ0n) is 10.7. The Morgan fingerprint density at radius 3 is 2.80 bits per heavy atom. The summed E-state index contributed by atoms with van der Waals surface area (Å²) >= 11 is 0. The molecule has 0 aliphatic heterocycles. The van der Waals surface area contributed by atoms with Gasteiger partial charge in [0.2, 0.25) is 0 Å². The fourth-order valence-electron chi connectivity index (χ4n) is 1.85. The Bertz CT molecular complexity index is 790. The third kappa shape index (κ3) is 2.41. The molecule has 0 unspecified atom stereocenters. The lowest BCUT2D eigenvalue weighted by atomic mass is 10.1. The molecular weight excluding hydrogens is 260 g/mol. The summed E-state index contributed by atoms with van der Waals surface area (Å²) in [6, 6.07) is 5.42. The van der Waals surface area contributed by atoms with Crippen molar-refractivity contribution < 1.29 is 4.92 Å². The Morgan fingerprint density at radius 2 is 2.20 bits per heavy atom. The molecule has 7 heteroatoms. The molecule has 102 valence electrons. The van der Waals surface area contributed by atoms with Crippen molar-refractivity contribution in [2.45, 2.75) is 0 Å². The lowest BCUT2D eigenvalue weighted by Crippen LogP contribution is -2.06. The first-order valence-corrected chi connectivity index (χ1v) is 5.72. The molecule has 0 atom stereocenters. The molecule has 7 nitrogen and oxygen atoms in total. The van der Waals surface area contributed by atoms with Crippen LogP contribution in [0.5, 0.6) is 0 Å². The largest absolute Gasteiger partial charge is 0.404 e. The van der Waals surface area contributed by atoms with Gasteiger partial charge in [-0.3, -0.25) is 19.9 Å². The highest BCUT2D eigenvalue weighted by Gasteiger charge is 2.10. The maximum Gasteiger partial charge on any atom is 0.270 e. The molecule has 3 N–H and O–H groups in total. The van der Waals surface area contributed by atoms with Crippen LogP contribution in [0.25, 0.3) is 16.5 Å². The molecule has 0 saturated carbocycles. The number of nitro groups is 1. The highest BCUT2D eigenvalue weighted by Crippen LogP contribution is 2.18. The van der Waals surface area contributed by atoms with Crippen molar-refractivity contribution in [3.05, 3.63) is 56.5 Å². The van der Waals surface area contributed by atoms with E-state index in [1.807, 2.05) is 0 Å². The minimum absolute atomic E-state index is 0.125. The fraction of sp³-hybridized carbons (Fsp3) is 0.0769. The van der Waals surface area contributed by atoms with Gasteiger partial charge in [-0.05, 0) is 6.07 Å². The van der Waals surface area contributed by atoms with E-state index in [0.29, 0.717) is 16.8 Å². The third-order valence-electron chi connectivity index (χ3n) is 2.78. The monoisotopic (exact) mass is 272 g/mol. The van der Waals surface area contributed by atoms with Gasteiger partial charge in [0.25, 0.3) is 5.69 Å². The lowest BCUT2D eigenvalue weighted by Gasteiger charge is -2.04. The molecule has 0 bridgehead atoms. The Balaban J connectivity index is 2.68. The van der Waals surface area contributed by atoms with E-state index in [4.69, 9.17) is 5.73 Å². The predicted octanol–water partition coefficient (Wildman–Crippen LogP) is 1.44. The summed E-state index contributed by atoms with van der Waals surface area (Å²) in [7, 11) is 1.59. The number of hydrogen-bond donors (Lipinski definition) is 2. The normalized spacial score (nSPS) is 12.2. The van der Waals surface area contributed by atoms with Gasteiger partial charge in [0.15, 0.2) is 5.43 Å². The Kier molecular flexibility index (Phi) is 3.60. The zero-order valence-corrected chi connectivity index (χ0v) is 10.7. The number of nitro benzene ring substituents is 1. The molecule has 0 amide bonds. The number of aliphatic imine (C=N–C) groups is 1. The van der Waals surface area contributed by atoms with Crippen LogP contribution in [-0.4, -0.2) is 23.2 Å². The van der Waals surface area contributed by atoms with E-state index in [-0.39, 0.29) is 16.5 Å². The van der Waals surface area contributed by atoms with Crippen LogP contribution in [0.1, 0.15) is 5.69 Å². The van der Waals surface area contributed by atoms with Gasteiger partial charge in [-0.2, -0.15) is 0 Å². The number of nitrogens with zero attached hydrogens (tertiary/aromatic N) is 2. The van der Waals surface area contributed by atoms with Gasteiger partial charge in [0.05, 0.1) is 21.5 Å². The predicted molar refractivity (Wildman–Crippen MR) is 77.8 cm³/mol. The van der Waals surface area contributed by atoms with E-state index in [9.17, 15) is 14.9 Å². The maximum atomic E-state index is 12.0. The molecule has 20 heavy (non-hydrogen) atoms. The maximum absolute atomic E-state index is 12.0. The van der Waals surface area contributed by atoms with Crippen LogP contribution in [0.4, 0.5) is 5.69 Å². The summed E-state index contributed by atoms with van der Waals surface area (Å²) in [5.74, 6) is 0. The second kappa shape index (κ2) is 5.35. The second-order valence-electron chi connectivity index (χ2n) is 4.04. The van der Waals surface area contributed by atoms with Gasteiger partial charge in [0.1, 0.15) is 0 Å². The quantitative estimate of drug-likeness (QED) is 0.499. The van der Waals surface area contributed by atoms with Gasteiger partial charge < -0.3 is 10.7 Å². The minimum Gasteiger partial charge on any atom is -0.404 e. The zero-order chi connectivity index (χ0) is 14.7. The number of pyridine rings is 1. The van der Waals surface area contributed by atoms with Crippen molar-refractivity contribution in [1.82, 2.24) is 4.98 Å². The molecule has 0 saturated heterocycles. The van der Waals surface area contributed by atoms with E-state index in [1.165, 1.54) is 36.7 Å². The summed E-state index contributed by atoms with van der Waals surface area (Å²) < 4.78 is 0. The molecule has 2 aromatic rings. The average Bonchev–Trinajstić information content (AvgIpc) is 2.44. The summed E-state index contributed by atoms with van der Waals surface area (Å²) in [5.41, 5.74) is 6.61. The van der Waals surface area contributed by atoms with Crippen LogP contribution < -0.4 is 11.2 Å². The van der Waals surface area contributed by atoms with Crippen LogP contribution in [-0.2, 0) is 0 Å². The van der Waals surface area contributed by atoms with Gasteiger partial charge in [-0.25, -0.2) is 0 Å². The number of benzene rings is 1. The smallest absolute Gasteiger partial charge is 0.270 e. The first-order valence-electron chi connectivity index (χ1n) is 5.72. The van der Waals surface area contributed by atoms with E-state index >= 15 is 0 Å². The fourth-order valence-corrected chi connectivity index (χ4v) is 1.85. The van der Waals surface area contributed by atoms with Crippen molar-refractivity contribution in [2.75, 3.05) is 7.05 Å². The summed E-state index contributed by atoms with van der Waals surface area (Å²) in [4.78, 5) is 29.1. The van der Waals surface area contributed by atoms with E-state index in [2.05, 4.69) is 9.98 Å². The van der Waals surface area contributed by atoms with Crippen molar-refractivity contribution in [2.24, 2.45) is 10.7 Å². The standard InChI is InChI=1S/C13H12N4O3/c1-15-7-8(6-14)12-5-13(18)10-4-9(17(19)20)2-3-11(10)16-12/h2-7H,14H2,1H3,(H,16,18). The number of non-ortho nitro benzene ring substituents is 1. The first-order chi connectivity index (χ1) is 9.56. The van der Waals surface area contributed by atoms with Crippen LogP contribution in [0, 0.1) is 10.1 Å². The molecule has 0 radical (unpaired) electrons. The molecular formula is C13H12N4O3. The average molecular weight is 272 g/mol. The van der Waals surface area contributed by atoms with Crippen molar-refractivity contribution in [3.63, 3.8) is 0 Å². The second-order valence-corrected chi connectivity index (χ2v) is 4.04. The summed E-state index contributed by atoms with van der Waals surface area (Å²) in [6.07, 6.45) is 2.85. The molecule has 1 aromatic carbocycles. The molecule has 2 rings (SSSR count). The first kappa shape index (κ1) is 13.5. The van der Waals surface area contributed by atoms with Crippen LogP contribution in [0.2, 0.25) is 0 Å². The number of allylic oxidation sites excluding steroid dienone is 1. The highest BCUT2D eigenvalue weighted by molar-refractivity contribution is 6.09. The number of hydrogen-bond acceptors (Lipinski definition) is 5. The van der Waals surface area contributed by atoms with Crippen molar-refractivity contribution >= 4 is 28.4 Å². The van der Waals surface area contributed by atoms with Gasteiger partial charge in [-0.15, -0.1) is 0 Å². The minimum atomic E-state index is -0.540. The highest BCUT2D eigenvalue weighted by atomic mass is 16.6. The molecule has 0 spiro atoms. The van der Waals surface area contributed by atoms with Crippen LogP contribution in [0.15, 0.2) is 40.3 Å². The molecule has 0 fully saturated rings. The van der Waals surface area contributed by atoms with E-state index in [0.717, 1.165) is 0 Å². The van der Waals surface area contributed by atoms with E-state index in [1.54, 1.807) is 7.05 Å². The number of aromatic amines is 1. The SMILES string of the molecule is CN=CC(=CN)c1cc(=O)c2cc([N+](=O)[O-])ccc2[nH]1. The Hall–Kier alpha value is -2.96. The Morgan fingerprint density at radius 1 is 1.45 bits per heavy atom. The number of H-pyrrole nitrogens is 1. The summed E-state index contributed by atoms with van der Waals surface area (Å²) in [6.45, 7) is 0.